The van der Waals surface area contributed by atoms with E-state index in [2.05, 4.69) is 4.98 Å². The van der Waals surface area contributed by atoms with E-state index in [1.54, 1.807) is 22.2 Å². The Hall–Kier alpha value is -1.78. The predicted molar refractivity (Wildman–Crippen MR) is 53.1 cm³/mol. The van der Waals surface area contributed by atoms with Gasteiger partial charge >= 0.3 is 5.97 Å². The Labute approximate surface area is 86.0 Å². The molecule has 3 rings (SSSR count). The van der Waals surface area contributed by atoms with Crippen molar-refractivity contribution >= 4 is 11.7 Å². The van der Waals surface area contributed by atoms with Crippen molar-refractivity contribution in [3.8, 4) is 0 Å². The summed E-state index contributed by atoms with van der Waals surface area (Å²) in [5, 5.41) is 8.91. The van der Waals surface area contributed by atoms with Crippen LogP contribution in [0.15, 0.2) is 12.4 Å². The molecule has 1 aliphatic rings. The molecule has 0 spiro atoms. The highest BCUT2D eigenvalue weighted by Crippen LogP contribution is 2.39. The van der Waals surface area contributed by atoms with Crippen LogP contribution in [0.2, 0.25) is 0 Å². The zero-order chi connectivity index (χ0) is 10.6. The summed E-state index contributed by atoms with van der Waals surface area (Å²) >= 11 is 0. The Morgan fingerprint density at radius 2 is 2.27 bits per heavy atom. The molecule has 0 atom stereocenters. The Morgan fingerprint density at radius 3 is 2.80 bits per heavy atom. The molecule has 0 amide bonds. The van der Waals surface area contributed by atoms with Crippen molar-refractivity contribution in [2.45, 2.75) is 18.8 Å². The van der Waals surface area contributed by atoms with Crippen LogP contribution in [0.1, 0.15) is 34.9 Å². The molecule has 0 radical (unpaired) electrons. The number of aromatic nitrogens is 3. The SMILES string of the molecule is Cn1c(C(=O)O)cn2cc(C3CC3)nc12. The summed E-state index contributed by atoms with van der Waals surface area (Å²) in [6.45, 7) is 0. The fourth-order valence-corrected chi connectivity index (χ4v) is 1.85. The first-order chi connectivity index (χ1) is 7.16. The average Bonchev–Trinajstić information content (AvgIpc) is 2.87. The quantitative estimate of drug-likeness (QED) is 0.802. The van der Waals surface area contributed by atoms with Gasteiger partial charge in [0.1, 0.15) is 5.69 Å². The van der Waals surface area contributed by atoms with E-state index in [9.17, 15) is 4.79 Å². The van der Waals surface area contributed by atoms with Crippen molar-refractivity contribution in [3.63, 3.8) is 0 Å². The molecule has 1 saturated carbocycles. The summed E-state index contributed by atoms with van der Waals surface area (Å²) in [7, 11) is 1.72. The Kier molecular flexibility index (Phi) is 1.49. The summed E-state index contributed by atoms with van der Waals surface area (Å²) in [5.74, 6) is 0.378. The van der Waals surface area contributed by atoms with Crippen LogP contribution in [0.5, 0.6) is 0 Å². The van der Waals surface area contributed by atoms with E-state index in [4.69, 9.17) is 5.11 Å². The van der Waals surface area contributed by atoms with E-state index in [-0.39, 0.29) is 5.69 Å². The summed E-state index contributed by atoms with van der Waals surface area (Å²) < 4.78 is 3.39. The van der Waals surface area contributed by atoms with Gasteiger partial charge in [-0.05, 0) is 12.8 Å². The standard InChI is InChI=1S/C10H11N3O2/c1-12-8(9(14)15)5-13-4-7(6-2-3-6)11-10(12)13/h4-6H,2-3H2,1H3,(H,14,15). The van der Waals surface area contributed by atoms with Crippen molar-refractivity contribution in [3.05, 3.63) is 23.8 Å². The van der Waals surface area contributed by atoms with E-state index in [0.717, 1.165) is 5.69 Å². The molecule has 1 aliphatic carbocycles. The maximum atomic E-state index is 10.9. The summed E-state index contributed by atoms with van der Waals surface area (Å²) in [4.78, 5) is 15.3. The molecule has 2 heterocycles. The summed E-state index contributed by atoms with van der Waals surface area (Å²) in [6, 6.07) is 0. The monoisotopic (exact) mass is 205 g/mol. The van der Waals surface area contributed by atoms with Gasteiger partial charge in [0.2, 0.25) is 5.78 Å². The van der Waals surface area contributed by atoms with Gasteiger partial charge in [-0.1, -0.05) is 0 Å². The van der Waals surface area contributed by atoms with Crippen LogP contribution in [-0.2, 0) is 7.05 Å². The number of hydrogen-bond donors (Lipinski definition) is 1. The highest BCUT2D eigenvalue weighted by molar-refractivity contribution is 5.86. The van der Waals surface area contributed by atoms with Crippen LogP contribution in [-0.4, -0.2) is 25.0 Å². The molecule has 1 fully saturated rings. The van der Waals surface area contributed by atoms with Gasteiger partial charge in [-0.3, -0.25) is 4.40 Å². The number of carboxylic acid groups (broad SMARTS) is 1. The number of carbonyl (C=O) groups is 1. The Morgan fingerprint density at radius 1 is 1.53 bits per heavy atom. The molecule has 2 aromatic heterocycles. The van der Waals surface area contributed by atoms with E-state index >= 15 is 0 Å². The molecule has 0 unspecified atom stereocenters. The topological polar surface area (TPSA) is 59.5 Å². The molecule has 5 nitrogen and oxygen atoms in total. The Balaban J connectivity index is 2.17. The largest absolute Gasteiger partial charge is 0.477 e. The number of nitrogens with zero attached hydrogens (tertiary/aromatic N) is 3. The average molecular weight is 205 g/mol. The van der Waals surface area contributed by atoms with Gasteiger partial charge in [0.05, 0.1) is 5.69 Å². The minimum Gasteiger partial charge on any atom is -0.477 e. The van der Waals surface area contributed by atoms with Crippen LogP contribution in [0.3, 0.4) is 0 Å². The zero-order valence-electron chi connectivity index (χ0n) is 8.34. The lowest BCUT2D eigenvalue weighted by Crippen LogP contribution is -2.04. The van der Waals surface area contributed by atoms with E-state index in [1.165, 1.54) is 12.8 Å². The van der Waals surface area contributed by atoms with Gasteiger partial charge in [0, 0.05) is 25.4 Å². The number of aromatic carboxylic acids is 1. The highest BCUT2D eigenvalue weighted by atomic mass is 16.4. The number of aryl methyl sites for hydroxylation is 1. The molecule has 78 valence electrons. The number of carboxylic acids is 1. The molecule has 0 aliphatic heterocycles. The van der Waals surface area contributed by atoms with Gasteiger partial charge < -0.3 is 9.67 Å². The number of rotatable bonds is 2. The molecular formula is C10H11N3O2. The van der Waals surface area contributed by atoms with Crippen LogP contribution in [0.25, 0.3) is 5.78 Å². The fourth-order valence-electron chi connectivity index (χ4n) is 1.85. The second-order valence-electron chi connectivity index (χ2n) is 4.03. The zero-order valence-corrected chi connectivity index (χ0v) is 8.34. The van der Waals surface area contributed by atoms with Crippen molar-refractivity contribution in [1.29, 1.82) is 0 Å². The maximum Gasteiger partial charge on any atom is 0.354 e. The molecule has 0 aromatic carbocycles. The molecular weight excluding hydrogens is 194 g/mol. The van der Waals surface area contributed by atoms with Crippen LogP contribution < -0.4 is 0 Å². The van der Waals surface area contributed by atoms with Crippen molar-refractivity contribution in [2.75, 3.05) is 0 Å². The van der Waals surface area contributed by atoms with E-state index < -0.39 is 5.97 Å². The second-order valence-corrected chi connectivity index (χ2v) is 4.03. The van der Waals surface area contributed by atoms with Crippen molar-refractivity contribution in [2.24, 2.45) is 7.05 Å². The van der Waals surface area contributed by atoms with Crippen LogP contribution >= 0.6 is 0 Å². The van der Waals surface area contributed by atoms with E-state index in [1.807, 2.05) is 6.20 Å². The minimum absolute atomic E-state index is 0.264. The predicted octanol–water partition coefficient (Wildman–Crippen LogP) is 1.25. The van der Waals surface area contributed by atoms with Crippen molar-refractivity contribution < 1.29 is 9.90 Å². The van der Waals surface area contributed by atoms with Gasteiger partial charge in [-0.25, -0.2) is 9.78 Å². The first kappa shape index (κ1) is 8.52. The lowest BCUT2D eigenvalue weighted by Gasteiger charge is -1.94. The Bertz CT molecular complexity index is 548. The summed E-state index contributed by atoms with van der Waals surface area (Å²) in [6.07, 6.45) is 5.95. The van der Waals surface area contributed by atoms with Crippen molar-refractivity contribution in [1.82, 2.24) is 14.0 Å². The second kappa shape index (κ2) is 2.62. The van der Waals surface area contributed by atoms with Gasteiger partial charge in [-0.2, -0.15) is 0 Å². The molecule has 1 N–H and O–H groups in total. The van der Waals surface area contributed by atoms with Gasteiger partial charge in [0.25, 0.3) is 0 Å². The van der Waals surface area contributed by atoms with E-state index in [0.29, 0.717) is 11.7 Å². The number of imidazole rings is 2. The third kappa shape index (κ3) is 1.16. The molecule has 2 aromatic rings. The number of hydrogen-bond acceptors (Lipinski definition) is 2. The third-order valence-corrected chi connectivity index (χ3v) is 2.87. The lowest BCUT2D eigenvalue weighted by molar-refractivity contribution is 0.0687. The first-order valence-corrected chi connectivity index (χ1v) is 4.94. The minimum atomic E-state index is -0.920. The number of fused-ring (bicyclic) bond motifs is 1. The highest BCUT2D eigenvalue weighted by Gasteiger charge is 2.27. The molecule has 0 bridgehead atoms. The van der Waals surface area contributed by atoms with Crippen LogP contribution in [0, 0.1) is 0 Å². The maximum absolute atomic E-state index is 10.9. The fraction of sp³-hybridized carbons (Fsp3) is 0.400. The molecule has 0 saturated heterocycles. The third-order valence-electron chi connectivity index (χ3n) is 2.87. The smallest absolute Gasteiger partial charge is 0.354 e. The van der Waals surface area contributed by atoms with Crippen LogP contribution in [0.4, 0.5) is 0 Å². The van der Waals surface area contributed by atoms with Gasteiger partial charge in [-0.15, -0.1) is 0 Å². The lowest BCUT2D eigenvalue weighted by atomic mass is 10.3. The first-order valence-electron chi connectivity index (χ1n) is 4.94. The normalized spacial score (nSPS) is 16.1. The molecule has 15 heavy (non-hydrogen) atoms. The molecule has 5 heteroatoms. The summed E-state index contributed by atoms with van der Waals surface area (Å²) in [5.41, 5.74) is 1.34. The van der Waals surface area contributed by atoms with Gasteiger partial charge in [0.15, 0.2) is 0 Å².